The van der Waals surface area contributed by atoms with E-state index in [1.165, 1.54) is 0 Å². The lowest BCUT2D eigenvalue weighted by molar-refractivity contribution is 0.304. The van der Waals surface area contributed by atoms with E-state index < -0.39 is 0 Å². The zero-order chi connectivity index (χ0) is 13.1. The van der Waals surface area contributed by atoms with Gasteiger partial charge in [0.15, 0.2) is 0 Å². The van der Waals surface area contributed by atoms with Crippen LogP contribution in [0.5, 0.6) is 0 Å². The molecular formula is C12H22N4O. The van der Waals surface area contributed by atoms with Gasteiger partial charge in [0.25, 0.3) is 0 Å². The molecular weight excluding hydrogens is 216 g/mol. The van der Waals surface area contributed by atoms with Gasteiger partial charge in [0.2, 0.25) is 0 Å². The van der Waals surface area contributed by atoms with Crippen LogP contribution >= 0.6 is 0 Å². The number of aryl methyl sites for hydroxylation is 1. The van der Waals surface area contributed by atoms with Gasteiger partial charge < -0.3 is 15.3 Å². The van der Waals surface area contributed by atoms with Gasteiger partial charge in [-0.05, 0) is 27.7 Å². The first kappa shape index (κ1) is 13.7. The number of aromatic nitrogens is 2. The molecule has 0 saturated carbocycles. The van der Waals surface area contributed by atoms with Gasteiger partial charge in [0.05, 0.1) is 6.61 Å². The second kappa shape index (κ2) is 5.31. The summed E-state index contributed by atoms with van der Waals surface area (Å²) in [6.45, 7) is 8.79. The Morgan fingerprint density at radius 2 is 2.00 bits per heavy atom. The molecule has 0 aliphatic rings. The van der Waals surface area contributed by atoms with Crippen molar-refractivity contribution in [2.24, 2.45) is 0 Å². The van der Waals surface area contributed by atoms with Crippen molar-refractivity contribution in [3.05, 3.63) is 11.9 Å². The molecule has 96 valence electrons. The lowest BCUT2D eigenvalue weighted by Gasteiger charge is -2.23. The molecule has 5 nitrogen and oxygen atoms in total. The van der Waals surface area contributed by atoms with Gasteiger partial charge in [-0.2, -0.15) is 0 Å². The van der Waals surface area contributed by atoms with Gasteiger partial charge in [0.1, 0.15) is 17.5 Å². The SMILES string of the molecule is Cc1nc(NC(C)(C)C)cc(N(C)CCO)n1. The highest BCUT2D eigenvalue weighted by Gasteiger charge is 2.12. The van der Waals surface area contributed by atoms with Crippen LogP contribution in [0.1, 0.15) is 26.6 Å². The van der Waals surface area contributed by atoms with Crippen LogP contribution in [0.3, 0.4) is 0 Å². The maximum absolute atomic E-state index is 8.92. The first-order valence-electron chi connectivity index (χ1n) is 5.78. The van der Waals surface area contributed by atoms with Crippen molar-refractivity contribution >= 4 is 11.6 Å². The summed E-state index contributed by atoms with van der Waals surface area (Å²) in [5, 5.41) is 12.2. The van der Waals surface area contributed by atoms with E-state index in [4.69, 9.17) is 5.11 Å². The Kier molecular flexibility index (Phi) is 4.28. The third-order valence-corrected chi connectivity index (χ3v) is 2.15. The molecule has 0 radical (unpaired) electrons. The van der Waals surface area contributed by atoms with E-state index in [0.29, 0.717) is 6.54 Å². The molecule has 0 unspecified atom stereocenters. The molecule has 0 amide bonds. The second-order valence-electron chi connectivity index (χ2n) is 5.18. The summed E-state index contributed by atoms with van der Waals surface area (Å²) in [6.07, 6.45) is 0. The summed E-state index contributed by atoms with van der Waals surface area (Å²) in [4.78, 5) is 10.6. The monoisotopic (exact) mass is 238 g/mol. The summed E-state index contributed by atoms with van der Waals surface area (Å²) in [5.41, 5.74) is -0.0341. The van der Waals surface area contributed by atoms with Crippen molar-refractivity contribution < 1.29 is 5.11 Å². The molecule has 1 rings (SSSR count). The highest BCUT2D eigenvalue weighted by Crippen LogP contribution is 2.17. The van der Waals surface area contributed by atoms with Crippen molar-refractivity contribution in [1.82, 2.24) is 9.97 Å². The van der Waals surface area contributed by atoms with E-state index >= 15 is 0 Å². The number of hydrogen-bond acceptors (Lipinski definition) is 5. The third-order valence-electron chi connectivity index (χ3n) is 2.15. The summed E-state index contributed by atoms with van der Waals surface area (Å²) in [6, 6.07) is 1.90. The summed E-state index contributed by atoms with van der Waals surface area (Å²) in [7, 11) is 1.90. The first-order chi connectivity index (χ1) is 7.81. The standard InChI is InChI=1S/C12H22N4O/c1-9-13-10(15-12(2,3)4)8-11(14-9)16(5)6-7-17/h8,17H,6-7H2,1-5H3,(H,13,14,15). The molecule has 0 saturated heterocycles. The number of aliphatic hydroxyl groups is 1. The lowest BCUT2D eigenvalue weighted by atomic mass is 10.1. The van der Waals surface area contributed by atoms with Gasteiger partial charge in [-0.1, -0.05) is 0 Å². The van der Waals surface area contributed by atoms with Gasteiger partial charge in [-0.3, -0.25) is 0 Å². The third kappa shape index (κ3) is 4.56. The molecule has 1 aromatic heterocycles. The minimum Gasteiger partial charge on any atom is -0.395 e. The molecule has 0 atom stereocenters. The average Bonchev–Trinajstić information content (AvgIpc) is 2.14. The molecule has 1 aromatic rings. The van der Waals surface area contributed by atoms with Crippen molar-refractivity contribution in [1.29, 1.82) is 0 Å². The molecule has 0 bridgehead atoms. The molecule has 0 aliphatic carbocycles. The van der Waals surface area contributed by atoms with E-state index in [9.17, 15) is 0 Å². The van der Waals surface area contributed by atoms with Crippen LogP contribution in [0, 0.1) is 6.92 Å². The van der Waals surface area contributed by atoms with Gasteiger partial charge in [-0.15, -0.1) is 0 Å². The fraction of sp³-hybridized carbons (Fsp3) is 0.667. The highest BCUT2D eigenvalue weighted by atomic mass is 16.3. The molecule has 0 aliphatic heterocycles. The van der Waals surface area contributed by atoms with Crippen molar-refractivity contribution in [2.45, 2.75) is 33.2 Å². The van der Waals surface area contributed by atoms with Gasteiger partial charge in [0, 0.05) is 25.2 Å². The number of aliphatic hydroxyl groups excluding tert-OH is 1. The normalized spacial score (nSPS) is 11.4. The van der Waals surface area contributed by atoms with Gasteiger partial charge in [-0.25, -0.2) is 9.97 Å². The smallest absolute Gasteiger partial charge is 0.134 e. The Bertz CT molecular complexity index is 373. The Hall–Kier alpha value is -1.36. The molecule has 0 aromatic carbocycles. The Labute approximate surface area is 103 Å². The first-order valence-corrected chi connectivity index (χ1v) is 5.78. The van der Waals surface area contributed by atoms with Crippen LogP contribution < -0.4 is 10.2 Å². The molecule has 0 fully saturated rings. The van der Waals surface area contributed by atoms with E-state index in [1.54, 1.807) is 0 Å². The maximum Gasteiger partial charge on any atom is 0.134 e. The van der Waals surface area contributed by atoms with Crippen LogP contribution in [0.2, 0.25) is 0 Å². The molecule has 17 heavy (non-hydrogen) atoms. The topological polar surface area (TPSA) is 61.3 Å². The fourth-order valence-corrected chi connectivity index (χ4v) is 1.46. The Morgan fingerprint density at radius 3 is 2.53 bits per heavy atom. The minimum absolute atomic E-state index is 0.0341. The highest BCUT2D eigenvalue weighted by molar-refractivity contribution is 5.49. The van der Waals surface area contributed by atoms with E-state index in [2.05, 4.69) is 36.1 Å². The number of hydrogen-bond donors (Lipinski definition) is 2. The zero-order valence-electron chi connectivity index (χ0n) is 11.3. The molecule has 0 spiro atoms. The van der Waals surface area contributed by atoms with Crippen LogP contribution in [0.15, 0.2) is 6.07 Å². The van der Waals surface area contributed by atoms with Crippen molar-refractivity contribution in [2.75, 3.05) is 30.4 Å². The van der Waals surface area contributed by atoms with Crippen molar-refractivity contribution in [3.63, 3.8) is 0 Å². The number of rotatable bonds is 4. The number of nitrogens with zero attached hydrogens (tertiary/aromatic N) is 3. The van der Waals surface area contributed by atoms with Crippen LogP contribution in [-0.4, -0.2) is 40.8 Å². The lowest BCUT2D eigenvalue weighted by Crippen LogP contribution is -2.28. The van der Waals surface area contributed by atoms with Crippen LogP contribution in [-0.2, 0) is 0 Å². The van der Waals surface area contributed by atoms with E-state index in [1.807, 2.05) is 24.9 Å². The van der Waals surface area contributed by atoms with Crippen LogP contribution in [0.4, 0.5) is 11.6 Å². The van der Waals surface area contributed by atoms with E-state index in [0.717, 1.165) is 17.5 Å². The Morgan fingerprint density at radius 1 is 1.35 bits per heavy atom. The quantitative estimate of drug-likeness (QED) is 0.831. The average molecular weight is 238 g/mol. The number of likely N-dealkylation sites (N-methyl/N-ethyl adjacent to an activating group) is 1. The van der Waals surface area contributed by atoms with Gasteiger partial charge >= 0.3 is 0 Å². The largest absolute Gasteiger partial charge is 0.395 e. The fourth-order valence-electron chi connectivity index (χ4n) is 1.46. The van der Waals surface area contributed by atoms with Crippen molar-refractivity contribution in [3.8, 4) is 0 Å². The molecule has 1 heterocycles. The zero-order valence-corrected chi connectivity index (χ0v) is 11.3. The molecule has 2 N–H and O–H groups in total. The van der Waals surface area contributed by atoms with Crippen LogP contribution in [0.25, 0.3) is 0 Å². The second-order valence-corrected chi connectivity index (χ2v) is 5.18. The number of nitrogens with one attached hydrogen (secondary N) is 1. The van der Waals surface area contributed by atoms with E-state index in [-0.39, 0.29) is 12.1 Å². The predicted octanol–water partition coefficient (Wildman–Crippen LogP) is 1.42. The summed E-state index contributed by atoms with van der Waals surface area (Å²) < 4.78 is 0. The minimum atomic E-state index is -0.0341. The summed E-state index contributed by atoms with van der Waals surface area (Å²) in [5.74, 6) is 2.35. The number of anilines is 2. The molecule has 5 heteroatoms. The maximum atomic E-state index is 8.92. The Balaban J connectivity index is 2.94. The predicted molar refractivity (Wildman–Crippen MR) is 70.5 cm³/mol. The summed E-state index contributed by atoms with van der Waals surface area (Å²) >= 11 is 0.